The van der Waals surface area contributed by atoms with Crippen molar-refractivity contribution >= 4 is 29.6 Å². The third-order valence-electron chi connectivity index (χ3n) is 7.19. The molecule has 41 heavy (non-hydrogen) atoms. The van der Waals surface area contributed by atoms with Gasteiger partial charge >= 0.3 is 11.7 Å². The first-order chi connectivity index (χ1) is 19.5. The third kappa shape index (κ3) is 5.19. The number of benzene rings is 2. The summed E-state index contributed by atoms with van der Waals surface area (Å²) in [6.07, 6.45) is 4.04. The van der Waals surface area contributed by atoms with Crippen LogP contribution in [0.2, 0.25) is 0 Å². The average Bonchev–Trinajstić information content (AvgIpc) is 2.92. The number of barbiturate groups is 1. The van der Waals surface area contributed by atoms with E-state index in [-0.39, 0.29) is 16.6 Å². The van der Waals surface area contributed by atoms with Gasteiger partial charge in [-0.3, -0.25) is 24.7 Å². The van der Waals surface area contributed by atoms with Crippen LogP contribution in [0.1, 0.15) is 39.2 Å². The highest BCUT2D eigenvalue weighted by atomic mass is 16.3. The minimum absolute atomic E-state index is 0.0974. The van der Waals surface area contributed by atoms with Crippen LogP contribution in [0, 0.1) is 5.41 Å². The van der Waals surface area contributed by atoms with Gasteiger partial charge in [0.05, 0.1) is 11.4 Å². The number of rotatable bonds is 4. The van der Waals surface area contributed by atoms with E-state index in [1.165, 1.54) is 12.2 Å². The normalized spacial score (nSPS) is 19.2. The van der Waals surface area contributed by atoms with Crippen molar-refractivity contribution in [1.29, 1.82) is 0 Å². The number of carbonyl (C=O) groups is 3. The summed E-state index contributed by atoms with van der Waals surface area (Å²) in [5.74, 6) is -2.05. The highest BCUT2D eigenvalue weighted by molar-refractivity contribution is 6.37. The van der Waals surface area contributed by atoms with Crippen LogP contribution in [0.25, 0.3) is 11.8 Å². The van der Waals surface area contributed by atoms with E-state index in [2.05, 4.69) is 10.3 Å². The second kappa shape index (κ2) is 10.4. The summed E-state index contributed by atoms with van der Waals surface area (Å²) in [6, 6.07) is 15.9. The van der Waals surface area contributed by atoms with Gasteiger partial charge < -0.3 is 5.11 Å². The van der Waals surface area contributed by atoms with Crippen LogP contribution in [0.4, 0.5) is 10.5 Å². The minimum Gasteiger partial charge on any atom is -0.494 e. The highest BCUT2D eigenvalue weighted by Crippen LogP contribution is 2.43. The van der Waals surface area contributed by atoms with Crippen LogP contribution < -0.4 is 21.5 Å². The standard InChI is InChI=1S/C31H28N4O6/c1-18-19(14-23-25(36)32-29(40)34(27(23)38)21-10-6-4-7-11-21)16-31(2,3)17-20(18)15-24-26(37)33-30(41)35(28(24)39)22-12-8-5-9-13-22/h4-15,38H,16-17H2,1-3H3,(H,32,36,40)(H,33,37,41)/b19-14+,24-15-. The van der Waals surface area contributed by atoms with Gasteiger partial charge in [0.15, 0.2) is 0 Å². The van der Waals surface area contributed by atoms with Gasteiger partial charge in [0.1, 0.15) is 11.1 Å². The van der Waals surface area contributed by atoms with Crippen molar-refractivity contribution in [3.8, 4) is 11.6 Å². The van der Waals surface area contributed by atoms with E-state index in [9.17, 15) is 29.1 Å². The maximum atomic E-state index is 13.4. The number of imide groups is 2. The molecule has 2 aromatic carbocycles. The molecule has 4 amide bonds. The lowest BCUT2D eigenvalue weighted by Crippen LogP contribution is -2.54. The Kier molecular flexibility index (Phi) is 6.92. The summed E-state index contributed by atoms with van der Waals surface area (Å²) in [7, 11) is 0. The molecule has 1 aliphatic carbocycles. The molecule has 10 heteroatoms. The van der Waals surface area contributed by atoms with Gasteiger partial charge in [-0.15, -0.1) is 0 Å². The van der Waals surface area contributed by atoms with Crippen molar-refractivity contribution in [2.75, 3.05) is 4.90 Å². The van der Waals surface area contributed by atoms with E-state index in [0.29, 0.717) is 40.9 Å². The highest BCUT2D eigenvalue weighted by Gasteiger charge is 2.38. The van der Waals surface area contributed by atoms with Crippen LogP contribution in [0.15, 0.2) is 98.6 Å². The Hall–Kier alpha value is -5.25. The number of para-hydroxylation sites is 2. The maximum Gasteiger partial charge on any atom is 0.335 e. The molecule has 3 N–H and O–H groups in total. The molecule has 3 aromatic rings. The summed E-state index contributed by atoms with van der Waals surface area (Å²) in [5, 5.41) is 13.3. The van der Waals surface area contributed by atoms with Crippen LogP contribution in [-0.2, 0) is 9.59 Å². The Morgan fingerprint density at radius 1 is 0.854 bits per heavy atom. The molecule has 5 rings (SSSR count). The van der Waals surface area contributed by atoms with Gasteiger partial charge in [0.25, 0.3) is 17.4 Å². The number of urea groups is 1. The van der Waals surface area contributed by atoms with Crippen molar-refractivity contribution in [3.63, 3.8) is 0 Å². The van der Waals surface area contributed by atoms with E-state index in [1.807, 2.05) is 13.8 Å². The molecule has 1 saturated heterocycles. The summed E-state index contributed by atoms with van der Waals surface area (Å²) in [5.41, 5.74) is 0.599. The SMILES string of the molecule is CC1=C(/C=C2/C(=O)NC(=O)N(c3ccccc3)C2=O)CC(C)(C)C/C1=C\c1c(O)n(-c2ccccc2)c(=O)[nH]c1=O. The van der Waals surface area contributed by atoms with Crippen molar-refractivity contribution in [2.24, 2.45) is 5.41 Å². The molecule has 0 bridgehead atoms. The topological polar surface area (TPSA) is 142 Å². The van der Waals surface area contributed by atoms with Crippen molar-refractivity contribution in [3.05, 3.63) is 115 Å². The second-order valence-electron chi connectivity index (χ2n) is 10.8. The Bertz CT molecular complexity index is 1790. The quantitative estimate of drug-likeness (QED) is 0.331. The molecule has 1 aliphatic heterocycles. The van der Waals surface area contributed by atoms with Gasteiger partial charge in [0, 0.05) is 0 Å². The predicted octanol–water partition coefficient (Wildman–Crippen LogP) is 3.96. The first-order valence-electron chi connectivity index (χ1n) is 13.0. The predicted molar refractivity (Wildman–Crippen MR) is 154 cm³/mol. The van der Waals surface area contributed by atoms with Gasteiger partial charge in [-0.05, 0) is 78.3 Å². The number of H-pyrrole nitrogens is 1. The van der Waals surface area contributed by atoms with E-state index in [4.69, 9.17) is 0 Å². The zero-order valence-corrected chi connectivity index (χ0v) is 22.7. The fourth-order valence-electron chi connectivity index (χ4n) is 5.19. The molecule has 0 saturated carbocycles. The number of anilines is 1. The number of aromatic nitrogens is 2. The number of hydrogen-bond donors (Lipinski definition) is 3. The van der Waals surface area contributed by atoms with Crippen LogP contribution in [-0.4, -0.2) is 32.5 Å². The first kappa shape index (κ1) is 27.3. The molecule has 0 spiro atoms. The van der Waals surface area contributed by atoms with E-state index < -0.39 is 35.0 Å². The first-order valence-corrected chi connectivity index (χ1v) is 13.0. The molecule has 0 unspecified atom stereocenters. The molecule has 1 aromatic heterocycles. The van der Waals surface area contributed by atoms with E-state index in [0.717, 1.165) is 9.47 Å². The molecule has 1 fully saturated rings. The van der Waals surface area contributed by atoms with Crippen LogP contribution in [0.5, 0.6) is 5.88 Å². The summed E-state index contributed by atoms with van der Waals surface area (Å²) < 4.78 is 1.02. The van der Waals surface area contributed by atoms with E-state index >= 15 is 0 Å². The lowest BCUT2D eigenvalue weighted by Gasteiger charge is -2.34. The zero-order chi connectivity index (χ0) is 29.5. The minimum atomic E-state index is -0.832. The number of amides is 4. The lowest BCUT2D eigenvalue weighted by atomic mass is 9.71. The fourth-order valence-corrected chi connectivity index (χ4v) is 5.19. The summed E-state index contributed by atoms with van der Waals surface area (Å²) in [6.45, 7) is 5.81. The van der Waals surface area contributed by atoms with Crippen LogP contribution in [0.3, 0.4) is 0 Å². The number of carbonyl (C=O) groups excluding carboxylic acids is 3. The molecule has 2 aliphatic rings. The third-order valence-corrected chi connectivity index (χ3v) is 7.19. The zero-order valence-electron chi connectivity index (χ0n) is 22.7. The molecule has 10 nitrogen and oxygen atoms in total. The van der Waals surface area contributed by atoms with Gasteiger partial charge in [0.2, 0.25) is 5.88 Å². The van der Waals surface area contributed by atoms with Gasteiger partial charge in [-0.25, -0.2) is 19.1 Å². The Morgan fingerprint density at radius 2 is 1.46 bits per heavy atom. The molecule has 2 heterocycles. The Balaban J connectivity index is 1.62. The molecular weight excluding hydrogens is 524 g/mol. The Morgan fingerprint density at radius 3 is 2.10 bits per heavy atom. The summed E-state index contributed by atoms with van der Waals surface area (Å²) in [4.78, 5) is 67.3. The number of hydrogen-bond acceptors (Lipinski definition) is 6. The number of nitrogens with zero attached hydrogens (tertiary/aromatic N) is 2. The molecule has 0 radical (unpaired) electrons. The van der Waals surface area contributed by atoms with Crippen molar-refractivity contribution in [1.82, 2.24) is 14.9 Å². The molecular formula is C31H28N4O6. The van der Waals surface area contributed by atoms with Crippen LogP contribution >= 0.6 is 0 Å². The number of aromatic hydroxyl groups is 1. The summed E-state index contributed by atoms with van der Waals surface area (Å²) >= 11 is 0. The monoisotopic (exact) mass is 552 g/mol. The second-order valence-corrected chi connectivity index (χ2v) is 10.8. The Labute approximate surface area is 235 Å². The fraction of sp³-hybridized carbons (Fsp3) is 0.194. The van der Waals surface area contributed by atoms with Gasteiger partial charge in [-0.2, -0.15) is 0 Å². The molecule has 208 valence electrons. The lowest BCUT2D eigenvalue weighted by molar-refractivity contribution is -0.122. The number of nitrogens with one attached hydrogen (secondary N) is 2. The number of allylic oxidation sites excluding steroid dienone is 4. The number of aromatic amines is 1. The largest absolute Gasteiger partial charge is 0.494 e. The van der Waals surface area contributed by atoms with E-state index in [1.54, 1.807) is 67.6 Å². The van der Waals surface area contributed by atoms with Gasteiger partial charge in [-0.1, -0.05) is 50.2 Å². The smallest absolute Gasteiger partial charge is 0.335 e. The van der Waals surface area contributed by atoms with Crippen molar-refractivity contribution in [2.45, 2.75) is 33.6 Å². The average molecular weight is 553 g/mol. The molecule has 0 atom stereocenters. The maximum absolute atomic E-state index is 13.4. The van der Waals surface area contributed by atoms with Crippen molar-refractivity contribution < 1.29 is 19.5 Å².